The molecule has 0 spiro atoms. The highest BCUT2D eigenvalue weighted by atomic mass is 35.5. The lowest BCUT2D eigenvalue weighted by Gasteiger charge is -2.10. The van der Waals surface area contributed by atoms with E-state index >= 15 is 0 Å². The van der Waals surface area contributed by atoms with Crippen molar-refractivity contribution >= 4 is 27.3 Å². The predicted molar refractivity (Wildman–Crippen MR) is 79.1 cm³/mol. The van der Waals surface area contributed by atoms with Crippen molar-refractivity contribution in [3.63, 3.8) is 0 Å². The molecule has 21 heavy (non-hydrogen) atoms. The zero-order valence-corrected chi connectivity index (χ0v) is 13.3. The molecule has 0 saturated carbocycles. The summed E-state index contributed by atoms with van der Waals surface area (Å²) in [4.78, 5) is 9.98. The predicted octanol–water partition coefficient (Wildman–Crippen LogP) is 2.26. The van der Waals surface area contributed by atoms with Gasteiger partial charge in [-0.15, -0.1) is 0 Å². The molecule has 118 valence electrons. The van der Waals surface area contributed by atoms with Crippen LogP contribution < -0.4 is 4.72 Å². The first-order valence-corrected chi connectivity index (χ1v) is 8.17. The van der Waals surface area contributed by atoms with Crippen LogP contribution in [0.2, 0.25) is 5.02 Å². The number of hydrogen-bond acceptors (Lipinski definition) is 5. The van der Waals surface area contributed by atoms with Crippen molar-refractivity contribution in [3.8, 4) is 0 Å². The van der Waals surface area contributed by atoms with Gasteiger partial charge < -0.3 is 4.74 Å². The van der Waals surface area contributed by atoms with Crippen LogP contribution in [0.3, 0.4) is 0 Å². The van der Waals surface area contributed by atoms with Crippen LogP contribution in [0.1, 0.15) is 18.9 Å². The van der Waals surface area contributed by atoms with E-state index in [-0.39, 0.29) is 16.5 Å². The van der Waals surface area contributed by atoms with E-state index in [9.17, 15) is 18.5 Å². The molecule has 7 nitrogen and oxygen atoms in total. The summed E-state index contributed by atoms with van der Waals surface area (Å²) in [6, 6.07) is 2.25. The van der Waals surface area contributed by atoms with Crippen LogP contribution in [0.4, 0.5) is 5.69 Å². The molecule has 0 heterocycles. The number of aryl methyl sites for hydroxylation is 1. The standard InChI is InChI=1S/C12H17ClN2O5S/c1-3-20-6-4-5-14-21(18,19)12-8-11(15(16)17)10(13)7-9(12)2/h7-8,14H,3-6H2,1-2H3. The maximum atomic E-state index is 12.2. The number of benzene rings is 1. The van der Waals surface area contributed by atoms with Crippen molar-refractivity contribution < 1.29 is 18.1 Å². The zero-order chi connectivity index (χ0) is 16.0. The van der Waals surface area contributed by atoms with Gasteiger partial charge >= 0.3 is 0 Å². The van der Waals surface area contributed by atoms with Gasteiger partial charge in [0.2, 0.25) is 10.0 Å². The largest absolute Gasteiger partial charge is 0.382 e. The molecule has 1 aromatic carbocycles. The van der Waals surface area contributed by atoms with Crippen LogP contribution in [0.15, 0.2) is 17.0 Å². The summed E-state index contributed by atoms with van der Waals surface area (Å²) < 4.78 is 31.8. The number of nitrogens with one attached hydrogen (secondary N) is 1. The minimum Gasteiger partial charge on any atom is -0.382 e. The molecule has 1 N–H and O–H groups in total. The summed E-state index contributed by atoms with van der Waals surface area (Å²) in [6.45, 7) is 4.58. The first-order valence-electron chi connectivity index (χ1n) is 6.31. The van der Waals surface area contributed by atoms with Gasteiger partial charge in [-0.2, -0.15) is 0 Å². The van der Waals surface area contributed by atoms with E-state index < -0.39 is 20.6 Å². The van der Waals surface area contributed by atoms with Gasteiger partial charge in [0.25, 0.3) is 5.69 Å². The molecule has 0 unspecified atom stereocenters. The molecule has 1 aromatic rings. The lowest BCUT2D eigenvalue weighted by Crippen LogP contribution is -2.26. The third-order valence-corrected chi connectivity index (χ3v) is 4.60. The lowest BCUT2D eigenvalue weighted by atomic mass is 10.2. The van der Waals surface area contributed by atoms with Crippen molar-refractivity contribution in [3.05, 3.63) is 32.8 Å². The van der Waals surface area contributed by atoms with E-state index in [1.165, 1.54) is 13.0 Å². The molecule has 0 aliphatic rings. The van der Waals surface area contributed by atoms with Gasteiger partial charge in [-0.3, -0.25) is 10.1 Å². The fraction of sp³-hybridized carbons (Fsp3) is 0.500. The number of ether oxygens (including phenoxy) is 1. The highest BCUT2D eigenvalue weighted by molar-refractivity contribution is 7.89. The molecule has 0 aliphatic heterocycles. The highest BCUT2D eigenvalue weighted by Gasteiger charge is 2.23. The van der Waals surface area contributed by atoms with E-state index in [0.29, 0.717) is 25.2 Å². The minimum atomic E-state index is -3.82. The van der Waals surface area contributed by atoms with Crippen LogP contribution in [-0.4, -0.2) is 33.1 Å². The summed E-state index contributed by atoms with van der Waals surface area (Å²) in [6.07, 6.45) is 0.516. The Morgan fingerprint density at radius 2 is 2.10 bits per heavy atom. The van der Waals surface area contributed by atoms with Crippen molar-refractivity contribution in [2.45, 2.75) is 25.2 Å². The first kappa shape index (κ1) is 17.8. The SMILES string of the molecule is CCOCCCNS(=O)(=O)c1cc([N+](=O)[O-])c(Cl)cc1C. The van der Waals surface area contributed by atoms with E-state index in [1.54, 1.807) is 0 Å². The summed E-state index contributed by atoms with van der Waals surface area (Å²) >= 11 is 5.73. The van der Waals surface area contributed by atoms with Gasteiger partial charge in [0.15, 0.2) is 0 Å². The molecule has 1 rings (SSSR count). The smallest absolute Gasteiger partial charge is 0.289 e. The van der Waals surface area contributed by atoms with Gasteiger partial charge in [0, 0.05) is 25.8 Å². The fourth-order valence-corrected chi connectivity index (χ4v) is 3.28. The van der Waals surface area contributed by atoms with Gasteiger partial charge in [0.1, 0.15) is 5.02 Å². The molecular weight excluding hydrogens is 320 g/mol. The summed E-state index contributed by atoms with van der Waals surface area (Å²) in [7, 11) is -3.82. The quantitative estimate of drug-likeness (QED) is 0.446. The molecule has 0 radical (unpaired) electrons. The third kappa shape index (κ3) is 4.92. The Morgan fingerprint density at radius 3 is 2.67 bits per heavy atom. The number of nitrogens with zero attached hydrogens (tertiary/aromatic N) is 1. The second-order valence-electron chi connectivity index (χ2n) is 4.27. The van der Waals surface area contributed by atoms with Crippen molar-refractivity contribution in [2.24, 2.45) is 0 Å². The molecule has 0 amide bonds. The second kappa shape index (κ2) is 7.69. The monoisotopic (exact) mass is 336 g/mol. The number of halogens is 1. The van der Waals surface area contributed by atoms with Gasteiger partial charge in [-0.1, -0.05) is 11.6 Å². The highest BCUT2D eigenvalue weighted by Crippen LogP contribution is 2.29. The van der Waals surface area contributed by atoms with Gasteiger partial charge in [-0.25, -0.2) is 13.1 Å². The summed E-state index contributed by atoms with van der Waals surface area (Å²) in [5, 5.41) is 10.7. The molecule has 0 atom stereocenters. The fourth-order valence-electron chi connectivity index (χ4n) is 1.67. The van der Waals surface area contributed by atoms with Gasteiger partial charge in [-0.05, 0) is 31.9 Å². The van der Waals surface area contributed by atoms with Crippen molar-refractivity contribution in [1.29, 1.82) is 0 Å². The number of sulfonamides is 1. The average molecular weight is 337 g/mol. The molecule has 9 heteroatoms. The number of rotatable bonds is 8. The summed E-state index contributed by atoms with van der Waals surface area (Å²) in [5.74, 6) is 0. The minimum absolute atomic E-state index is 0.0900. The molecule has 0 bridgehead atoms. The van der Waals surface area contributed by atoms with E-state index in [4.69, 9.17) is 16.3 Å². The van der Waals surface area contributed by atoms with E-state index in [1.807, 2.05) is 6.92 Å². The third-order valence-electron chi connectivity index (χ3n) is 2.69. The summed E-state index contributed by atoms with van der Waals surface area (Å²) in [5.41, 5.74) is -0.0835. The van der Waals surface area contributed by atoms with E-state index in [2.05, 4.69) is 4.72 Å². The maximum absolute atomic E-state index is 12.2. The molecule has 0 aliphatic carbocycles. The first-order chi connectivity index (χ1) is 9.79. The second-order valence-corrected chi connectivity index (χ2v) is 6.42. The molecule has 0 aromatic heterocycles. The Balaban J connectivity index is 2.92. The Bertz CT molecular complexity index is 618. The zero-order valence-electron chi connectivity index (χ0n) is 11.8. The van der Waals surface area contributed by atoms with Crippen molar-refractivity contribution in [1.82, 2.24) is 4.72 Å². The molecule has 0 saturated heterocycles. The van der Waals surface area contributed by atoms with Crippen LogP contribution in [0.25, 0.3) is 0 Å². The Morgan fingerprint density at radius 1 is 1.43 bits per heavy atom. The van der Waals surface area contributed by atoms with Crippen LogP contribution in [0, 0.1) is 17.0 Å². The van der Waals surface area contributed by atoms with Crippen LogP contribution >= 0.6 is 11.6 Å². The van der Waals surface area contributed by atoms with Gasteiger partial charge in [0.05, 0.1) is 9.82 Å². The molecule has 0 fully saturated rings. The average Bonchev–Trinajstić information content (AvgIpc) is 2.37. The van der Waals surface area contributed by atoms with E-state index in [0.717, 1.165) is 6.07 Å². The topological polar surface area (TPSA) is 98.5 Å². The maximum Gasteiger partial charge on any atom is 0.289 e. The molecular formula is C12H17ClN2O5S. The normalized spacial score (nSPS) is 11.6. The Labute approximate surface area is 128 Å². The lowest BCUT2D eigenvalue weighted by molar-refractivity contribution is -0.384. The van der Waals surface area contributed by atoms with Crippen molar-refractivity contribution in [2.75, 3.05) is 19.8 Å². The number of nitro groups is 1. The van der Waals surface area contributed by atoms with Crippen LogP contribution in [0.5, 0.6) is 0 Å². The Kier molecular flexibility index (Phi) is 6.53. The number of hydrogen-bond donors (Lipinski definition) is 1. The Hall–Kier alpha value is -1.22. The van der Waals surface area contributed by atoms with Crippen LogP contribution in [-0.2, 0) is 14.8 Å². The number of nitro benzene ring substituents is 1.